The summed E-state index contributed by atoms with van der Waals surface area (Å²) in [6.45, 7) is 2.77. The van der Waals surface area contributed by atoms with Gasteiger partial charge in [0.05, 0.1) is 6.54 Å². The van der Waals surface area contributed by atoms with E-state index in [1.165, 1.54) is 12.8 Å². The number of carbonyl (C=O) groups is 2. The van der Waals surface area contributed by atoms with Gasteiger partial charge in [0.25, 0.3) is 0 Å². The molecule has 104 valence electrons. The molecule has 1 atom stereocenters. The third-order valence-electron chi connectivity index (χ3n) is 3.48. The quantitative estimate of drug-likeness (QED) is 0.758. The number of nitrogens with zero attached hydrogens (tertiary/aromatic N) is 1. The minimum Gasteiger partial charge on any atom is -0.355 e. The molecular weight excluding hydrogens is 254 g/mol. The second kappa shape index (κ2) is 7.59. The van der Waals surface area contributed by atoms with Crippen molar-refractivity contribution >= 4 is 24.2 Å². The van der Waals surface area contributed by atoms with Crippen molar-refractivity contribution in [2.45, 2.75) is 38.1 Å². The highest BCUT2D eigenvalue weighted by atomic mass is 35.5. The van der Waals surface area contributed by atoms with Crippen molar-refractivity contribution in [2.75, 3.05) is 26.2 Å². The SMILES string of the molecule is Cl.O=C(CN1CCCC1=O)NCC[C@H]1CCCN1. The number of amides is 2. The lowest BCUT2D eigenvalue weighted by atomic mass is 10.1. The molecule has 2 rings (SSSR count). The van der Waals surface area contributed by atoms with Crippen molar-refractivity contribution in [3.05, 3.63) is 0 Å². The largest absolute Gasteiger partial charge is 0.355 e. The molecule has 0 aromatic carbocycles. The normalized spacial score (nSPS) is 23.0. The van der Waals surface area contributed by atoms with Crippen molar-refractivity contribution in [3.63, 3.8) is 0 Å². The monoisotopic (exact) mass is 275 g/mol. The Morgan fingerprint density at radius 1 is 1.44 bits per heavy atom. The fourth-order valence-electron chi connectivity index (χ4n) is 2.49. The summed E-state index contributed by atoms with van der Waals surface area (Å²) in [6.07, 6.45) is 4.92. The molecule has 0 saturated carbocycles. The maximum atomic E-state index is 11.6. The first kappa shape index (κ1) is 15.2. The molecule has 0 aromatic heterocycles. The van der Waals surface area contributed by atoms with Crippen LogP contribution in [0.4, 0.5) is 0 Å². The summed E-state index contributed by atoms with van der Waals surface area (Å²) in [5.74, 6) is 0.0795. The number of nitrogens with one attached hydrogen (secondary N) is 2. The van der Waals surface area contributed by atoms with Crippen LogP contribution in [-0.4, -0.2) is 48.9 Å². The Morgan fingerprint density at radius 3 is 2.89 bits per heavy atom. The standard InChI is InChI=1S/C12H21N3O2.ClH/c16-11(9-15-8-2-4-12(15)17)14-7-5-10-3-1-6-13-10;/h10,13H,1-9H2,(H,14,16);1H/t10-;/m1./s1. The minimum atomic E-state index is -0.0294. The Bertz CT molecular complexity index is 293. The van der Waals surface area contributed by atoms with Gasteiger partial charge in [-0.2, -0.15) is 0 Å². The van der Waals surface area contributed by atoms with Crippen LogP contribution < -0.4 is 10.6 Å². The van der Waals surface area contributed by atoms with E-state index >= 15 is 0 Å². The maximum Gasteiger partial charge on any atom is 0.239 e. The summed E-state index contributed by atoms with van der Waals surface area (Å²) < 4.78 is 0. The van der Waals surface area contributed by atoms with Crippen molar-refractivity contribution in [1.29, 1.82) is 0 Å². The molecule has 5 nitrogen and oxygen atoms in total. The van der Waals surface area contributed by atoms with Crippen LogP contribution in [0, 0.1) is 0 Å². The van der Waals surface area contributed by atoms with Crippen LogP contribution in [0.1, 0.15) is 32.1 Å². The zero-order valence-electron chi connectivity index (χ0n) is 10.6. The van der Waals surface area contributed by atoms with Crippen molar-refractivity contribution < 1.29 is 9.59 Å². The lowest BCUT2D eigenvalue weighted by Crippen LogP contribution is -2.39. The van der Waals surface area contributed by atoms with E-state index < -0.39 is 0 Å². The van der Waals surface area contributed by atoms with Gasteiger partial charge >= 0.3 is 0 Å². The second-order valence-electron chi connectivity index (χ2n) is 4.85. The molecule has 0 aromatic rings. The van der Waals surface area contributed by atoms with Gasteiger partial charge in [0.1, 0.15) is 0 Å². The van der Waals surface area contributed by atoms with Crippen molar-refractivity contribution in [2.24, 2.45) is 0 Å². The molecule has 2 heterocycles. The van der Waals surface area contributed by atoms with E-state index in [9.17, 15) is 9.59 Å². The summed E-state index contributed by atoms with van der Waals surface area (Å²) >= 11 is 0. The molecule has 0 unspecified atom stereocenters. The van der Waals surface area contributed by atoms with E-state index in [1.807, 2.05) is 0 Å². The van der Waals surface area contributed by atoms with Gasteiger partial charge in [-0.15, -0.1) is 12.4 Å². The Morgan fingerprint density at radius 2 is 2.28 bits per heavy atom. The smallest absolute Gasteiger partial charge is 0.239 e. The highest BCUT2D eigenvalue weighted by molar-refractivity contribution is 5.86. The van der Waals surface area contributed by atoms with Crippen LogP contribution in [0.5, 0.6) is 0 Å². The third kappa shape index (κ3) is 4.46. The second-order valence-corrected chi connectivity index (χ2v) is 4.85. The predicted molar refractivity (Wildman–Crippen MR) is 71.7 cm³/mol. The van der Waals surface area contributed by atoms with E-state index in [0.717, 1.165) is 25.9 Å². The van der Waals surface area contributed by atoms with Crippen molar-refractivity contribution in [3.8, 4) is 0 Å². The highest BCUT2D eigenvalue weighted by Crippen LogP contribution is 2.09. The van der Waals surface area contributed by atoms with E-state index in [0.29, 0.717) is 19.0 Å². The van der Waals surface area contributed by atoms with Crippen LogP contribution in [0.25, 0.3) is 0 Å². The fraction of sp³-hybridized carbons (Fsp3) is 0.833. The molecule has 2 saturated heterocycles. The summed E-state index contributed by atoms with van der Waals surface area (Å²) in [5, 5.41) is 6.28. The lowest BCUT2D eigenvalue weighted by molar-refractivity contribution is -0.133. The van der Waals surface area contributed by atoms with Gasteiger partial charge in [0.2, 0.25) is 11.8 Å². The summed E-state index contributed by atoms with van der Waals surface area (Å²) in [4.78, 5) is 24.6. The van der Waals surface area contributed by atoms with Crippen LogP contribution >= 0.6 is 12.4 Å². The molecule has 6 heteroatoms. The Kier molecular flexibility index (Phi) is 6.43. The van der Waals surface area contributed by atoms with Gasteiger partial charge in [-0.05, 0) is 32.2 Å². The average molecular weight is 276 g/mol. The number of halogens is 1. The Balaban J connectivity index is 0.00000162. The number of carbonyl (C=O) groups excluding carboxylic acids is 2. The van der Waals surface area contributed by atoms with Gasteiger partial charge in [-0.25, -0.2) is 0 Å². The molecular formula is C12H22ClN3O2. The van der Waals surface area contributed by atoms with Gasteiger partial charge in [-0.3, -0.25) is 9.59 Å². The number of rotatable bonds is 5. The molecule has 0 spiro atoms. The molecule has 2 N–H and O–H groups in total. The number of hydrogen-bond donors (Lipinski definition) is 2. The van der Waals surface area contributed by atoms with E-state index in [-0.39, 0.29) is 30.8 Å². The number of hydrogen-bond acceptors (Lipinski definition) is 3. The lowest BCUT2D eigenvalue weighted by Gasteiger charge is -2.15. The first-order chi connectivity index (χ1) is 8.25. The van der Waals surface area contributed by atoms with Gasteiger partial charge in [0, 0.05) is 25.6 Å². The molecule has 0 aliphatic carbocycles. The zero-order chi connectivity index (χ0) is 12.1. The van der Waals surface area contributed by atoms with Gasteiger partial charge in [-0.1, -0.05) is 0 Å². The molecule has 0 bridgehead atoms. The van der Waals surface area contributed by atoms with Crippen LogP contribution in [-0.2, 0) is 9.59 Å². The fourth-order valence-corrected chi connectivity index (χ4v) is 2.49. The third-order valence-corrected chi connectivity index (χ3v) is 3.48. The Hall–Kier alpha value is -0.810. The molecule has 2 amide bonds. The van der Waals surface area contributed by atoms with Crippen LogP contribution in [0.3, 0.4) is 0 Å². The summed E-state index contributed by atoms with van der Waals surface area (Å²) in [5.41, 5.74) is 0. The molecule has 2 fully saturated rings. The summed E-state index contributed by atoms with van der Waals surface area (Å²) in [7, 11) is 0. The van der Waals surface area contributed by atoms with E-state index in [4.69, 9.17) is 0 Å². The Labute approximate surface area is 114 Å². The maximum absolute atomic E-state index is 11.6. The number of likely N-dealkylation sites (tertiary alicyclic amines) is 1. The topological polar surface area (TPSA) is 61.4 Å². The summed E-state index contributed by atoms with van der Waals surface area (Å²) in [6, 6.07) is 0.559. The first-order valence-corrected chi connectivity index (χ1v) is 6.53. The van der Waals surface area contributed by atoms with E-state index in [1.54, 1.807) is 4.90 Å². The van der Waals surface area contributed by atoms with E-state index in [2.05, 4.69) is 10.6 Å². The zero-order valence-corrected chi connectivity index (χ0v) is 11.4. The predicted octanol–water partition coefficient (Wildman–Crippen LogP) is 0.289. The molecule has 2 aliphatic heterocycles. The molecule has 18 heavy (non-hydrogen) atoms. The van der Waals surface area contributed by atoms with Gasteiger partial charge in [0.15, 0.2) is 0 Å². The highest BCUT2D eigenvalue weighted by Gasteiger charge is 2.22. The van der Waals surface area contributed by atoms with Crippen LogP contribution in [0.2, 0.25) is 0 Å². The van der Waals surface area contributed by atoms with Crippen LogP contribution in [0.15, 0.2) is 0 Å². The van der Waals surface area contributed by atoms with Gasteiger partial charge < -0.3 is 15.5 Å². The minimum absolute atomic E-state index is 0. The average Bonchev–Trinajstić information content (AvgIpc) is 2.92. The van der Waals surface area contributed by atoms with Crippen molar-refractivity contribution in [1.82, 2.24) is 15.5 Å². The first-order valence-electron chi connectivity index (χ1n) is 6.53. The molecule has 2 aliphatic rings. The molecule has 0 radical (unpaired) electrons.